The molecule has 0 spiro atoms. The summed E-state index contributed by atoms with van der Waals surface area (Å²) < 4.78 is 5.33. The lowest BCUT2D eigenvalue weighted by atomic mass is 9.99. The summed E-state index contributed by atoms with van der Waals surface area (Å²) >= 11 is 0. The van der Waals surface area contributed by atoms with E-state index in [1.807, 2.05) is 49.4 Å². The van der Waals surface area contributed by atoms with Gasteiger partial charge in [0.25, 0.3) is 0 Å². The summed E-state index contributed by atoms with van der Waals surface area (Å²) in [4.78, 5) is 27.3. The van der Waals surface area contributed by atoms with Crippen LogP contribution in [0.4, 0.5) is 4.79 Å². The Morgan fingerprint density at radius 2 is 2.10 bits per heavy atom. The second kappa shape index (κ2) is 8.34. The standard InChI is InChI=1S/C22H24N4O3/c1-2-10-26-13-18-16(8-9-19-17(18)12-23-25-19)11-20(21(26)27)24-22(28)29-14-15-6-4-3-5-7-15/h3-9,12,20H,2,10-11,13-14H2,1H3,(H,23,25)(H,24,28). The molecule has 2 heterocycles. The molecular weight excluding hydrogens is 368 g/mol. The van der Waals surface area contributed by atoms with Gasteiger partial charge in [0, 0.05) is 24.9 Å². The number of carbonyl (C=O) groups is 2. The van der Waals surface area contributed by atoms with E-state index in [1.165, 1.54) is 0 Å². The summed E-state index contributed by atoms with van der Waals surface area (Å²) in [5.41, 5.74) is 3.97. The van der Waals surface area contributed by atoms with E-state index in [9.17, 15) is 9.59 Å². The number of ether oxygens (including phenoxy) is 1. The molecule has 1 unspecified atom stereocenters. The highest BCUT2D eigenvalue weighted by molar-refractivity contribution is 5.89. The molecule has 3 aromatic rings. The van der Waals surface area contributed by atoms with Gasteiger partial charge in [0.2, 0.25) is 5.91 Å². The lowest BCUT2D eigenvalue weighted by Gasteiger charge is -2.24. The number of benzene rings is 2. The van der Waals surface area contributed by atoms with Crippen molar-refractivity contribution in [3.63, 3.8) is 0 Å². The van der Waals surface area contributed by atoms with E-state index < -0.39 is 12.1 Å². The number of nitrogens with one attached hydrogen (secondary N) is 2. The molecule has 2 aromatic carbocycles. The molecule has 1 atom stereocenters. The number of carbonyl (C=O) groups excluding carboxylic acids is 2. The van der Waals surface area contributed by atoms with Crippen molar-refractivity contribution in [1.82, 2.24) is 20.4 Å². The summed E-state index contributed by atoms with van der Waals surface area (Å²) in [6, 6.07) is 12.8. The summed E-state index contributed by atoms with van der Waals surface area (Å²) in [6.45, 7) is 3.34. The topological polar surface area (TPSA) is 87.3 Å². The van der Waals surface area contributed by atoms with Crippen LogP contribution in [0.2, 0.25) is 0 Å². The number of H-pyrrole nitrogens is 1. The molecule has 7 nitrogen and oxygen atoms in total. The third kappa shape index (κ3) is 4.08. The third-order valence-electron chi connectivity index (χ3n) is 5.21. The fourth-order valence-electron chi connectivity index (χ4n) is 3.77. The Kier molecular flexibility index (Phi) is 5.46. The Bertz CT molecular complexity index is 1020. The molecular formula is C22H24N4O3. The fraction of sp³-hybridized carbons (Fsp3) is 0.318. The molecule has 1 aliphatic heterocycles. The molecule has 7 heteroatoms. The van der Waals surface area contributed by atoms with Gasteiger partial charge < -0.3 is 15.0 Å². The van der Waals surface area contributed by atoms with Crippen LogP contribution < -0.4 is 5.32 Å². The smallest absolute Gasteiger partial charge is 0.408 e. The lowest BCUT2D eigenvalue weighted by Crippen LogP contribution is -2.48. The van der Waals surface area contributed by atoms with Crippen LogP contribution in [0.25, 0.3) is 10.9 Å². The van der Waals surface area contributed by atoms with Crippen molar-refractivity contribution >= 4 is 22.9 Å². The number of fused-ring (bicyclic) bond motifs is 3. The van der Waals surface area contributed by atoms with Gasteiger partial charge in [-0.15, -0.1) is 0 Å². The van der Waals surface area contributed by atoms with Crippen LogP contribution in [0.15, 0.2) is 48.7 Å². The zero-order valence-electron chi connectivity index (χ0n) is 16.4. The van der Waals surface area contributed by atoms with Crippen molar-refractivity contribution in [1.29, 1.82) is 0 Å². The highest BCUT2D eigenvalue weighted by Crippen LogP contribution is 2.27. The van der Waals surface area contributed by atoms with Gasteiger partial charge in [-0.1, -0.05) is 43.3 Å². The number of aromatic nitrogens is 2. The van der Waals surface area contributed by atoms with Crippen LogP contribution in [0.1, 0.15) is 30.0 Å². The first-order valence-electron chi connectivity index (χ1n) is 9.85. The molecule has 4 rings (SSSR count). The van der Waals surface area contributed by atoms with E-state index in [4.69, 9.17) is 4.74 Å². The van der Waals surface area contributed by atoms with E-state index in [1.54, 1.807) is 11.1 Å². The number of aromatic amines is 1. The Balaban J connectivity index is 1.53. The number of rotatable bonds is 5. The minimum absolute atomic E-state index is 0.0867. The van der Waals surface area contributed by atoms with E-state index >= 15 is 0 Å². The van der Waals surface area contributed by atoms with Crippen LogP contribution in [0.5, 0.6) is 0 Å². The monoisotopic (exact) mass is 392 g/mol. The molecule has 0 radical (unpaired) electrons. The molecule has 150 valence electrons. The molecule has 0 bridgehead atoms. The van der Waals surface area contributed by atoms with Gasteiger partial charge in [-0.05, 0) is 29.2 Å². The SMILES string of the molecule is CCCN1Cc2c(ccc3[nH]ncc23)CC(NC(=O)OCc2ccccc2)C1=O. The summed E-state index contributed by atoms with van der Waals surface area (Å²) in [5, 5.41) is 10.9. The first-order chi connectivity index (χ1) is 14.2. The molecule has 29 heavy (non-hydrogen) atoms. The van der Waals surface area contributed by atoms with E-state index in [2.05, 4.69) is 15.5 Å². The van der Waals surface area contributed by atoms with Crippen LogP contribution in [0, 0.1) is 0 Å². The largest absolute Gasteiger partial charge is 0.445 e. The molecule has 2 amide bonds. The van der Waals surface area contributed by atoms with Crippen molar-refractivity contribution in [3.05, 3.63) is 65.4 Å². The fourth-order valence-corrected chi connectivity index (χ4v) is 3.77. The van der Waals surface area contributed by atoms with Gasteiger partial charge in [-0.3, -0.25) is 9.89 Å². The van der Waals surface area contributed by atoms with E-state index in [0.717, 1.165) is 34.0 Å². The van der Waals surface area contributed by atoms with Crippen LogP contribution in [-0.2, 0) is 29.1 Å². The molecule has 0 aliphatic carbocycles. The zero-order valence-corrected chi connectivity index (χ0v) is 16.4. The van der Waals surface area contributed by atoms with Crippen molar-refractivity contribution < 1.29 is 14.3 Å². The van der Waals surface area contributed by atoms with Gasteiger partial charge in [-0.2, -0.15) is 5.10 Å². The maximum Gasteiger partial charge on any atom is 0.408 e. The average Bonchev–Trinajstić information content (AvgIpc) is 3.17. The average molecular weight is 392 g/mol. The second-order valence-electron chi connectivity index (χ2n) is 7.26. The highest BCUT2D eigenvalue weighted by atomic mass is 16.5. The van der Waals surface area contributed by atoms with Crippen molar-refractivity contribution in [2.45, 2.75) is 39.0 Å². The molecule has 0 saturated heterocycles. The molecule has 0 saturated carbocycles. The molecule has 1 aliphatic rings. The number of alkyl carbamates (subject to hydrolysis) is 1. The van der Waals surface area contributed by atoms with Gasteiger partial charge in [0.1, 0.15) is 12.6 Å². The van der Waals surface area contributed by atoms with E-state index in [-0.39, 0.29) is 12.5 Å². The lowest BCUT2D eigenvalue weighted by molar-refractivity contribution is -0.133. The number of amides is 2. The summed E-state index contributed by atoms with van der Waals surface area (Å²) in [6.07, 6.45) is 2.48. The zero-order chi connectivity index (χ0) is 20.2. The van der Waals surface area contributed by atoms with Crippen molar-refractivity contribution in [2.24, 2.45) is 0 Å². The molecule has 0 fully saturated rings. The molecule has 1 aromatic heterocycles. The number of hydrogen-bond acceptors (Lipinski definition) is 4. The maximum absolute atomic E-state index is 13.1. The summed E-state index contributed by atoms with van der Waals surface area (Å²) in [5.74, 6) is -0.0867. The second-order valence-corrected chi connectivity index (χ2v) is 7.26. The van der Waals surface area contributed by atoms with Crippen molar-refractivity contribution in [3.8, 4) is 0 Å². The Hall–Kier alpha value is -3.35. The molecule has 2 N–H and O–H groups in total. The quantitative estimate of drug-likeness (QED) is 0.698. The van der Waals surface area contributed by atoms with Gasteiger partial charge in [0.15, 0.2) is 0 Å². The van der Waals surface area contributed by atoms with Gasteiger partial charge >= 0.3 is 6.09 Å². The maximum atomic E-state index is 13.1. The number of nitrogens with zero attached hydrogens (tertiary/aromatic N) is 2. The van der Waals surface area contributed by atoms with Crippen molar-refractivity contribution in [2.75, 3.05) is 6.54 Å². The van der Waals surface area contributed by atoms with Gasteiger partial charge in [0.05, 0.1) is 11.7 Å². The van der Waals surface area contributed by atoms with Crippen LogP contribution in [-0.4, -0.2) is 39.7 Å². The third-order valence-corrected chi connectivity index (χ3v) is 5.21. The number of hydrogen-bond donors (Lipinski definition) is 2. The van der Waals surface area contributed by atoms with Crippen LogP contribution >= 0.6 is 0 Å². The predicted molar refractivity (Wildman–Crippen MR) is 109 cm³/mol. The Labute approximate surface area is 169 Å². The van der Waals surface area contributed by atoms with E-state index in [0.29, 0.717) is 19.5 Å². The minimum atomic E-state index is -0.657. The van der Waals surface area contributed by atoms with Gasteiger partial charge in [-0.25, -0.2) is 4.79 Å². The summed E-state index contributed by atoms with van der Waals surface area (Å²) in [7, 11) is 0. The van der Waals surface area contributed by atoms with Crippen LogP contribution in [0.3, 0.4) is 0 Å². The first-order valence-corrected chi connectivity index (χ1v) is 9.85. The Morgan fingerprint density at radius 1 is 1.28 bits per heavy atom. The predicted octanol–water partition coefficient (Wildman–Crippen LogP) is 3.15. The highest BCUT2D eigenvalue weighted by Gasteiger charge is 2.31. The normalized spacial score (nSPS) is 16.4. The Morgan fingerprint density at radius 3 is 2.90 bits per heavy atom. The minimum Gasteiger partial charge on any atom is -0.445 e. The first kappa shape index (κ1) is 19.0.